The van der Waals surface area contributed by atoms with Crippen LogP contribution in [0.25, 0.3) is 0 Å². The van der Waals surface area contributed by atoms with E-state index in [2.05, 4.69) is 10.0 Å². The van der Waals surface area contributed by atoms with E-state index in [1.165, 1.54) is 24.3 Å². The van der Waals surface area contributed by atoms with Crippen molar-refractivity contribution in [3.63, 3.8) is 0 Å². The van der Waals surface area contributed by atoms with Crippen LogP contribution >= 0.6 is 0 Å². The summed E-state index contributed by atoms with van der Waals surface area (Å²) in [7, 11) is -3.79. The van der Waals surface area contributed by atoms with Crippen LogP contribution in [-0.2, 0) is 16.4 Å². The van der Waals surface area contributed by atoms with Gasteiger partial charge in [-0.2, -0.15) is 0 Å². The van der Waals surface area contributed by atoms with E-state index in [1.807, 2.05) is 13.8 Å². The van der Waals surface area contributed by atoms with Gasteiger partial charge in [0.2, 0.25) is 10.0 Å². The van der Waals surface area contributed by atoms with E-state index >= 15 is 0 Å². The van der Waals surface area contributed by atoms with E-state index in [9.17, 15) is 17.6 Å². The Balaban J connectivity index is 2.05. The predicted molar refractivity (Wildman–Crippen MR) is 99.0 cm³/mol. The summed E-state index contributed by atoms with van der Waals surface area (Å²) in [6.45, 7) is 3.89. The van der Waals surface area contributed by atoms with Gasteiger partial charge in [-0.05, 0) is 49.6 Å². The van der Waals surface area contributed by atoms with Crippen molar-refractivity contribution in [2.24, 2.45) is 0 Å². The SMILES string of the molecule is CCC(C)NC(=O)c1cccc(S(=O)(=O)NCCc2ccccc2F)c1. The Hall–Kier alpha value is -2.25. The minimum absolute atomic E-state index is 0.00153. The third-order valence-electron chi connectivity index (χ3n) is 4.04. The molecule has 140 valence electrons. The van der Waals surface area contributed by atoms with Crippen molar-refractivity contribution in [3.05, 3.63) is 65.5 Å². The molecule has 0 aromatic heterocycles. The molecule has 5 nitrogen and oxygen atoms in total. The molecule has 26 heavy (non-hydrogen) atoms. The fourth-order valence-electron chi connectivity index (χ4n) is 2.32. The highest BCUT2D eigenvalue weighted by molar-refractivity contribution is 7.89. The van der Waals surface area contributed by atoms with Gasteiger partial charge in [-0.15, -0.1) is 0 Å². The normalized spacial score (nSPS) is 12.6. The van der Waals surface area contributed by atoms with E-state index in [1.54, 1.807) is 24.3 Å². The third kappa shape index (κ3) is 5.37. The van der Waals surface area contributed by atoms with Gasteiger partial charge >= 0.3 is 0 Å². The summed E-state index contributed by atoms with van der Waals surface area (Å²) in [6, 6.07) is 12.1. The van der Waals surface area contributed by atoms with Gasteiger partial charge in [0.1, 0.15) is 5.82 Å². The lowest BCUT2D eigenvalue weighted by molar-refractivity contribution is 0.0939. The lowest BCUT2D eigenvalue weighted by Gasteiger charge is -2.12. The molecule has 1 atom stereocenters. The molecule has 2 rings (SSSR count). The fourth-order valence-corrected chi connectivity index (χ4v) is 3.40. The number of carbonyl (C=O) groups is 1. The van der Waals surface area contributed by atoms with Crippen molar-refractivity contribution in [1.29, 1.82) is 0 Å². The number of sulfonamides is 1. The molecular formula is C19H23FN2O3S. The second kappa shape index (κ2) is 8.91. The summed E-state index contributed by atoms with van der Waals surface area (Å²) in [4.78, 5) is 12.2. The first-order valence-corrected chi connectivity index (χ1v) is 9.96. The minimum atomic E-state index is -3.79. The molecule has 0 heterocycles. The van der Waals surface area contributed by atoms with Gasteiger partial charge in [-0.3, -0.25) is 4.79 Å². The Bertz CT molecular complexity index is 869. The summed E-state index contributed by atoms with van der Waals surface area (Å²) < 4.78 is 40.9. The number of hydrogen-bond acceptors (Lipinski definition) is 3. The summed E-state index contributed by atoms with van der Waals surface area (Å²) in [6.07, 6.45) is 1.02. The predicted octanol–water partition coefficient (Wildman–Crippen LogP) is 2.88. The van der Waals surface area contributed by atoms with Crippen LogP contribution < -0.4 is 10.0 Å². The van der Waals surface area contributed by atoms with Crippen molar-refractivity contribution in [3.8, 4) is 0 Å². The van der Waals surface area contributed by atoms with Crippen LogP contribution in [0.15, 0.2) is 53.4 Å². The van der Waals surface area contributed by atoms with Gasteiger partial charge in [0.05, 0.1) is 4.90 Å². The fraction of sp³-hybridized carbons (Fsp3) is 0.316. The zero-order valence-electron chi connectivity index (χ0n) is 14.8. The number of benzene rings is 2. The van der Waals surface area contributed by atoms with Crippen LogP contribution in [0.1, 0.15) is 36.2 Å². The molecule has 2 N–H and O–H groups in total. The highest BCUT2D eigenvalue weighted by Crippen LogP contribution is 2.13. The van der Waals surface area contributed by atoms with Crippen LogP contribution in [0, 0.1) is 5.82 Å². The van der Waals surface area contributed by atoms with Gasteiger partial charge < -0.3 is 5.32 Å². The molecule has 0 saturated carbocycles. The van der Waals surface area contributed by atoms with Crippen molar-refractivity contribution in [2.75, 3.05) is 6.54 Å². The molecule has 2 aromatic carbocycles. The molecule has 1 unspecified atom stereocenters. The second-order valence-corrected chi connectivity index (χ2v) is 7.82. The Morgan fingerprint density at radius 2 is 1.88 bits per heavy atom. The van der Waals surface area contributed by atoms with Gasteiger partial charge in [0.25, 0.3) is 5.91 Å². The van der Waals surface area contributed by atoms with E-state index in [-0.39, 0.29) is 41.2 Å². The molecule has 0 fully saturated rings. The van der Waals surface area contributed by atoms with Crippen LogP contribution in [0.2, 0.25) is 0 Å². The lowest BCUT2D eigenvalue weighted by atomic mass is 10.1. The number of rotatable bonds is 8. The average molecular weight is 378 g/mol. The second-order valence-electron chi connectivity index (χ2n) is 6.05. The smallest absolute Gasteiger partial charge is 0.251 e. The molecule has 0 radical (unpaired) electrons. The number of halogens is 1. The Morgan fingerprint density at radius 3 is 2.58 bits per heavy atom. The highest BCUT2D eigenvalue weighted by atomic mass is 32.2. The molecule has 0 aliphatic heterocycles. The molecule has 0 bridgehead atoms. The molecule has 0 aliphatic carbocycles. The first-order valence-electron chi connectivity index (χ1n) is 8.47. The summed E-state index contributed by atoms with van der Waals surface area (Å²) in [5.74, 6) is -0.682. The molecule has 0 spiro atoms. The molecule has 2 aromatic rings. The summed E-state index contributed by atoms with van der Waals surface area (Å²) in [5.41, 5.74) is 0.721. The van der Waals surface area contributed by atoms with Crippen molar-refractivity contribution >= 4 is 15.9 Å². The number of hydrogen-bond donors (Lipinski definition) is 2. The quantitative estimate of drug-likeness (QED) is 0.742. The number of nitrogens with one attached hydrogen (secondary N) is 2. The van der Waals surface area contributed by atoms with Crippen molar-refractivity contribution < 1.29 is 17.6 Å². The standard InChI is InChI=1S/C19H23FN2O3S/c1-3-14(2)22-19(23)16-8-6-9-17(13-16)26(24,25)21-12-11-15-7-4-5-10-18(15)20/h4-10,13-14,21H,3,11-12H2,1-2H3,(H,22,23). The Labute approximate surface area is 153 Å². The zero-order chi connectivity index (χ0) is 19.2. The highest BCUT2D eigenvalue weighted by Gasteiger charge is 2.17. The van der Waals surface area contributed by atoms with E-state index in [0.717, 1.165) is 6.42 Å². The van der Waals surface area contributed by atoms with Gasteiger partial charge in [-0.25, -0.2) is 17.5 Å². The van der Waals surface area contributed by atoms with Crippen molar-refractivity contribution in [2.45, 2.75) is 37.6 Å². The molecule has 0 saturated heterocycles. The topological polar surface area (TPSA) is 75.3 Å². The first-order chi connectivity index (χ1) is 12.3. The molecule has 1 amide bonds. The largest absolute Gasteiger partial charge is 0.350 e. The Kier molecular flexibility index (Phi) is 6.88. The Morgan fingerprint density at radius 1 is 1.15 bits per heavy atom. The summed E-state index contributed by atoms with van der Waals surface area (Å²) in [5, 5.41) is 2.80. The van der Waals surface area contributed by atoms with Gasteiger partial charge in [-0.1, -0.05) is 31.2 Å². The van der Waals surface area contributed by atoms with Crippen molar-refractivity contribution in [1.82, 2.24) is 10.0 Å². The lowest BCUT2D eigenvalue weighted by Crippen LogP contribution is -2.32. The first kappa shape index (κ1) is 20.1. The van der Waals surface area contributed by atoms with Crippen LogP contribution in [0.5, 0.6) is 0 Å². The molecule has 7 heteroatoms. The van der Waals surface area contributed by atoms with Crippen LogP contribution in [-0.4, -0.2) is 26.9 Å². The zero-order valence-corrected chi connectivity index (χ0v) is 15.6. The van der Waals surface area contributed by atoms with Crippen LogP contribution in [0.4, 0.5) is 4.39 Å². The number of carbonyl (C=O) groups excluding carboxylic acids is 1. The number of amides is 1. The van der Waals surface area contributed by atoms with E-state index < -0.39 is 10.0 Å². The minimum Gasteiger partial charge on any atom is -0.350 e. The van der Waals surface area contributed by atoms with Gasteiger partial charge in [0, 0.05) is 18.2 Å². The summed E-state index contributed by atoms with van der Waals surface area (Å²) >= 11 is 0. The molecule has 0 aliphatic rings. The maximum absolute atomic E-state index is 13.6. The van der Waals surface area contributed by atoms with E-state index in [0.29, 0.717) is 5.56 Å². The maximum Gasteiger partial charge on any atom is 0.251 e. The monoisotopic (exact) mass is 378 g/mol. The molecular weight excluding hydrogens is 355 g/mol. The van der Waals surface area contributed by atoms with Gasteiger partial charge in [0.15, 0.2) is 0 Å². The third-order valence-corrected chi connectivity index (χ3v) is 5.50. The maximum atomic E-state index is 13.6. The van der Waals surface area contributed by atoms with E-state index in [4.69, 9.17) is 0 Å². The average Bonchev–Trinajstić information content (AvgIpc) is 2.63. The van der Waals surface area contributed by atoms with Crippen LogP contribution in [0.3, 0.4) is 0 Å².